The van der Waals surface area contributed by atoms with Crippen molar-refractivity contribution in [1.82, 2.24) is 15.5 Å². The molecule has 0 bridgehead atoms. The minimum absolute atomic E-state index is 0.0613. The Bertz CT molecular complexity index is 638. The van der Waals surface area contributed by atoms with Gasteiger partial charge in [-0.2, -0.15) is 0 Å². The minimum Gasteiger partial charge on any atom is -0.352 e. The number of carbonyl (C=O) groups is 3. The quantitative estimate of drug-likeness (QED) is 0.497. The van der Waals surface area contributed by atoms with E-state index in [4.69, 9.17) is 0 Å². The van der Waals surface area contributed by atoms with Crippen molar-refractivity contribution in [1.29, 1.82) is 0 Å². The Hall–Kier alpha value is -2.57. The molecule has 3 N–H and O–H groups in total. The van der Waals surface area contributed by atoms with Crippen LogP contribution in [0.2, 0.25) is 0 Å². The summed E-state index contributed by atoms with van der Waals surface area (Å²) in [6.07, 6.45) is 3.20. The van der Waals surface area contributed by atoms with E-state index in [1.165, 1.54) is 0 Å². The fourth-order valence-electron chi connectivity index (χ4n) is 2.88. The average Bonchev–Trinajstić information content (AvgIpc) is 2.66. The molecule has 0 aliphatic heterocycles. The molecule has 4 amide bonds. The smallest absolute Gasteiger partial charge is 0.319 e. The average molecular weight is 405 g/mol. The van der Waals surface area contributed by atoms with E-state index >= 15 is 0 Å². The molecule has 0 saturated carbocycles. The molecule has 0 unspecified atom stereocenters. The molecule has 0 aliphatic rings. The number of benzene rings is 1. The molecule has 162 valence electrons. The molecule has 0 fully saturated rings. The first-order valence-electron chi connectivity index (χ1n) is 10.6. The number of nitrogens with zero attached hydrogens (tertiary/aromatic N) is 1. The van der Waals surface area contributed by atoms with E-state index in [-0.39, 0.29) is 23.9 Å². The second-order valence-corrected chi connectivity index (χ2v) is 7.46. The molecule has 0 atom stereocenters. The van der Waals surface area contributed by atoms with Gasteiger partial charge in [-0.3, -0.25) is 9.59 Å². The first-order valence-corrected chi connectivity index (χ1v) is 10.6. The maximum Gasteiger partial charge on any atom is 0.319 e. The molecule has 29 heavy (non-hydrogen) atoms. The zero-order valence-electron chi connectivity index (χ0n) is 18.2. The van der Waals surface area contributed by atoms with Crippen LogP contribution in [0.25, 0.3) is 0 Å². The van der Waals surface area contributed by atoms with Crippen LogP contribution < -0.4 is 16.0 Å². The highest BCUT2D eigenvalue weighted by atomic mass is 16.2. The van der Waals surface area contributed by atoms with Gasteiger partial charge >= 0.3 is 6.03 Å². The molecule has 0 aliphatic carbocycles. The molecule has 0 saturated heterocycles. The van der Waals surface area contributed by atoms with Crippen molar-refractivity contribution in [2.24, 2.45) is 0 Å². The number of carbonyl (C=O) groups excluding carboxylic acids is 3. The number of hydrogen-bond donors (Lipinski definition) is 3. The Morgan fingerprint density at radius 3 is 2.14 bits per heavy atom. The zero-order valence-corrected chi connectivity index (χ0v) is 18.2. The van der Waals surface area contributed by atoms with Crippen LogP contribution in [0.3, 0.4) is 0 Å². The Balaban J connectivity index is 2.32. The molecule has 0 spiro atoms. The predicted molar refractivity (Wildman–Crippen MR) is 117 cm³/mol. The van der Waals surface area contributed by atoms with Crippen LogP contribution in [-0.4, -0.2) is 41.9 Å². The van der Waals surface area contributed by atoms with Crippen LogP contribution >= 0.6 is 0 Å². The van der Waals surface area contributed by atoms with Gasteiger partial charge in [0.05, 0.1) is 0 Å². The van der Waals surface area contributed by atoms with Crippen LogP contribution in [0.5, 0.6) is 0 Å². The minimum atomic E-state index is -0.243. The summed E-state index contributed by atoms with van der Waals surface area (Å²) in [5.74, 6) is 0.0694. The summed E-state index contributed by atoms with van der Waals surface area (Å²) in [5, 5.41) is 8.39. The third-order valence-corrected chi connectivity index (χ3v) is 4.26. The first-order chi connectivity index (χ1) is 13.8. The Morgan fingerprint density at radius 2 is 1.59 bits per heavy atom. The van der Waals surface area contributed by atoms with Crippen molar-refractivity contribution in [2.75, 3.05) is 18.4 Å². The third kappa shape index (κ3) is 10.5. The van der Waals surface area contributed by atoms with Gasteiger partial charge in [-0.1, -0.05) is 26.0 Å². The third-order valence-electron chi connectivity index (χ3n) is 4.26. The zero-order chi connectivity index (χ0) is 21.6. The Kier molecular flexibility index (Phi) is 11.5. The van der Waals surface area contributed by atoms with Crippen LogP contribution in [0.15, 0.2) is 24.3 Å². The van der Waals surface area contributed by atoms with Crippen molar-refractivity contribution in [3.63, 3.8) is 0 Å². The van der Waals surface area contributed by atoms with Crippen LogP contribution in [-0.2, 0) is 16.1 Å². The molecule has 7 nitrogen and oxygen atoms in total. The molecular weight excluding hydrogens is 368 g/mol. The molecule has 7 heteroatoms. The lowest BCUT2D eigenvalue weighted by molar-refractivity contribution is -0.131. The normalized spacial score (nSPS) is 10.5. The maximum atomic E-state index is 12.2. The highest BCUT2D eigenvalue weighted by Gasteiger charge is 2.12. The molecule has 0 heterocycles. The van der Waals surface area contributed by atoms with Gasteiger partial charge in [0.2, 0.25) is 11.8 Å². The topological polar surface area (TPSA) is 90.5 Å². The second-order valence-electron chi connectivity index (χ2n) is 7.46. The van der Waals surface area contributed by atoms with Crippen molar-refractivity contribution in [3.8, 4) is 0 Å². The van der Waals surface area contributed by atoms with Crippen LogP contribution in [0.1, 0.15) is 65.4 Å². The van der Waals surface area contributed by atoms with Crippen molar-refractivity contribution >= 4 is 23.5 Å². The summed E-state index contributed by atoms with van der Waals surface area (Å²) < 4.78 is 0. The number of amides is 4. The van der Waals surface area contributed by atoms with Crippen molar-refractivity contribution in [2.45, 2.75) is 72.4 Å². The van der Waals surface area contributed by atoms with E-state index in [2.05, 4.69) is 29.8 Å². The maximum absolute atomic E-state index is 12.2. The van der Waals surface area contributed by atoms with Gasteiger partial charge in [0.1, 0.15) is 0 Å². The predicted octanol–water partition coefficient (Wildman–Crippen LogP) is 3.65. The van der Waals surface area contributed by atoms with Crippen LogP contribution in [0.4, 0.5) is 10.5 Å². The van der Waals surface area contributed by atoms with Gasteiger partial charge in [0.15, 0.2) is 0 Å². The largest absolute Gasteiger partial charge is 0.352 e. The Morgan fingerprint density at radius 1 is 0.966 bits per heavy atom. The number of nitrogens with one attached hydrogen (secondary N) is 3. The summed E-state index contributed by atoms with van der Waals surface area (Å²) in [5.41, 5.74) is 1.64. The molecule has 1 aromatic carbocycles. The SMILES string of the molecule is CCCN(CCC)C(=O)CCCC(=O)NCc1ccc(NC(=O)NC(C)C)cc1. The van der Waals surface area contributed by atoms with Crippen LogP contribution in [0, 0.1) is 0 Å². The number of hydrogen-bond acceptors (Lipinski definition) is 3. The van der Waals surface area contributed by atoms with E-state index in [1.54, 1.807) is 12.1 Å². The fourth-order valence-corrected chi connectivity index (χ4v) is 2.88. The van der Waals surface area contributed by atoms with Gasteiger partial charge in [0.25, 0.3) is 0 Å². The lowest BCUT2D eigenvalue weighted by Gasteiger charge is -2.21. The Labute approximate surface area is 174 Å². The van der Waals surface area contributed by atoms with E-state index < -0.39 is 0 Å². The van der Waals surface area contributed by atoms with E-state index in [1.807, 2.05) is 30.9 Å². The van der Waals surface area contributed by atoms with Gasteiger partial charge in [-0.25, -0.2) is 4.79 Å². The monoisotopic (exact) mass is 404 g/mol. The summed E-state index contributed by atoms with van der Waals surface area (Å²) in [7, 11) is 0. The second kappa shape index (κ2) is 13.6. The first kappa shape index (κ1) is 24.5. The number of urea groups is 1. The fraction of sp³-hybridized carbons (Fsp3) is 0.591. The lowest BCUT2D eigenvalue weighted by atomic mass is 10.2. The van der Waals surface area contributed by atoms with E-state index in [0.29, 0.717) is 31.5 Å². The van der Waals surface area contributed by atoms with Gasteiger partial charge in [-0.15, -0.1) is 0 Å². The number of anilines is 1. The molecule has 1 aromatic rings. The van der Waals surface area contributed by atoms with Gasteiger partial charge in [-0.05, 0) is 50.8 Å². The molecule has 0 radical (unpaired) electrons. The highest BCUT2D eigenvalue weighted by molar-refractivity contribution is 5.89. The summed E-state index contributed by atoms with van der Waals surface area (Å²) in [6, 6.07) is 7.16. The van der Waals surface area contributed by atoms with E-state index in [0.717, 1.165) is 31.5 Å². The van der Waals surface area contributed by atoms with Crippen molar-refractivity contribution in [3.05, 3.63) is 29.8 Å². The van der Waals surface area contributed by atoms with E-state index in [9.17, 15) is 14.4 Å². The molecular formula is C22H36N4O3. The summed E-state index contributed by atoms with van der Waals surface area (Å²) >= 11 is 0. The standard InChI is InChI=1S/C22H36N4O3/c1-5-14-26(15-6-2)21(28)9-7-8-20(27)23-16-18-10-12-19(13-11-18)25-22(29)24-17(3)4/h10-13,17H,5-9,14-16H2,1-4H3,(H,23,27)(H2,24,25,29). The van der Waals surface area contributed by atoms with Gasteiger partial charge < -0.3 is 20.9 Å². The summed E-state index contributed by atoms with van der Waals surface area (Å²) in [6.45, 7) is 9.90. The molecule has 0 aromatic heterocycles. The highest BCUT2D eigenvalue weighted by Crippen LogP contribution is 2.10. The van der Waals surface area contributed by atoms with Gasteiger partial charge in [0, 0.05) is 44.2 Å². The lowest BCUT2D eigenvalue weighted by Crippen LogP contribution is -2.34. The molecule has 1 rings (SSSR count). The van der Waals surface area contributed by atoms with Crippen molar-refractivity contribution < 1.29 is 14.4 Å². The number of rotatable bonds is 12. The summed E-state index contributed by atoms with van der Waals surface area (Å²) in [4.78, 5) is 37.8.